The Bertz CT molecular complexity index is 836. The Morgan fingerprint density at radius 1 is 0.960 bits per heavy atom. The second-order valence-electron chi connectivity index (χ2n) is 5.35. The molecule has 2 N–H and O–H groups in total. The Morgan fingerprint density at radius 2 is 1.68 bits per heavy atom. The predicted molar refractivity (Wildman–Crippen MR) is 100 cm³/mol. The molecule has 0 saturated carbocycles. The van der Waals surface area contributed by atoms with Crippen LogP contribution in [0.25, 0.3) is 0 Å². The third-order valence-electron chi connectivity index (χ3n) is 3.40. The molecule has 25 heavy (non-hydrogen) atoms. The molecule has 0 fully saturated rings. The quantitative estimate of drug-likeness (QED) is 0.610. The molecule has 4 nitrogen and oxygen atoms in total. The lowest BCUT2D eigenvalue weighted by molar-refractivity contribution is 0.627. The van der Waals surface area contributed by atoms with Crippen LogP contribution in [0.3, 0.4) is 0 Å². The molecule has 3 rings (SSSR count). The Balaban J connectivity index is 1.60. The summed E-state index contributed by atoms with van der Waals surface area (Å²) in [6, 6.07) is 13.4. The summed E-state index contributed by atoms with van der Waals surface area (Å²) in [5.41, 5.74) is 1.78. The molecule has 0 atom stereocenters. The summed E-state index contributed by atoms with van der Waals surface area (Å²) in [4.78, 5) is 8.58. The van der Waals surface area contributed by atoms with Gasteiger partial charge in [-0.15, -0.1) is 0 Å². The summed E-state index contributed by atoms with van der Waals surface area (Å²) in [6.07, 6.45) is 2.40. The zero-order valence-corrected chi connectivity index (χ0v) is 14.7. The minimum Gasteiger partial charge on any atom is -0.354 e. The van der Waals surface area contributed by atoms with E-state index >= 15 is 0 Å². The van der Waals surface area contributed by atoms with Gasteiger partial charge in [0.15, 0.2) is 0 Å². The number of anilines is 3. The summed E-state index contributed by atoms with van der Waals surface area (Å²) in [5, 5.41) is 7.37. The first-order valence-corrected chi connectivity index (χ1v) is 8.38. The molecule has 1 heterocycles. The highest BCUT2D eigenvalue weighted by Gasteiger charge is 2.03. The fourth-order valence-electron chi connectivity index (χ4n) is 2.26. The van der Waals surface area contributed by atoms with Crippen molar-refractivity contribution in [3.05, 3.63) is 76.2 Å². The normalized spacial score (nSPS) is 10.5. The minimum absolute atomic E-state index is 0.236. The van der Waals surface area contributed by atoms with Crippen LogP contribution in [0.4, 0.5) is 21.8 Å². The monoisotopic (exact) mass is 376 g/mol. The molecule has 0 amide bonds. The summed E-state index contributed by atoms with van der Waals surface area (Å²) in [5.74, 6) is 0.887. The molecule has 0 saturated heterocycles. The first-order chi connectivity index (χ1) is 12.1. The third-order valence-corrected chi connectivity index (χ3v) is 3.84. The van der Waals surface area contributed by atoms with Crippen molar-refractivity contribution in [1.82, 2.24) is 9.97 Å². The predicted octanol–water partition coefficient (Wildman–Crippen LogP) is 5.32. The lowest BCUT2D eigenvalue weighted by Gasteiger charge is -2.09. The maximum Gasteiger partial charge on any atom is 0.224 e. The van der Waals surface area contributed by atoms with Crippen molar-refractivity contribution in [1.29, 1.82) is 0 Å². The minimum atomic E-state index is -0.236. The first kappa shape index (κ1) is 17.5. The average molecular weight is 377 g/mol. The van der Waals surface area contributed by atoms with Crippen molar-refractivity contribution < 1.29 is 4.39 Å². The van der Waals surface area contributed by atoms with Crippen LogP contribution in [-0.4, -0.2) is 16.5 Å². The van der Waals surface area contributed by atoms with Crippen molar-refractivity contribution in [2.75, 3.05) is 17.2 Å². The number of benzene rings is 2. The van der Waals surface area contributed by atoms with Crippen molar-refractivity contribution in [2.24, 2.45) is 0 Å². The molecule has 0 bridgehead atoms. The number of hydrogen-bond donors (Lipinski definition) is 2. The fraction of sp³-hybridized carbons (Fsp3) is 0.111. The van der Waals surface area contributed by atoms with E-state index in [-0.39, 0.29) is 5.82 Å². The van der Waals surface area contributed by atoms with Crippen LogP contribution in [0.1, 0.15) is 5.56 Å². The van der Waals surface area contributed by atoms with E-state index in [1.807, 2.05) is 0 Å². The standard InChI is InChI=1S/C18H15Cl2FN4/c19-13-9-14(20)11-16(10-13)24-17-6-8-23-18(25-17)22-7-5-12-1-3-15(21)4-2-12/h1-4,6,8-11H,5,7H2,(H2,22,23,24,25). The number of halogens is 3. The van der Waals surface area contributed by atoms with E-state index in [9.17, 15) is 4.39 Å². The summed E-state index contributed by atoms with van der Waals surface area (Å²) >= 11 is 12.0. The van der Waals surface area contributed by atoms with E-state index < -0.39 is 0 Å². The zero-order valence-electron chi connectivity index (χ0n) is 13.1. The largest absolute Gasteiger partial charge is 0.354 e. The van der Waals surface area contributed by atoms with Crippen LogP contribution < -0.4 is 10.6 Å². The average Bonchev–Trinajstić information content (AvgIpc) is 2.56. The third kappa shape index (κ3) is 5.31. The highest BCUT2D eigenvalue weighted by Crippen LogP contribution is 2.24. The maximum absolute atomic E-state index is 12.9. The SMILES string of the molecule is Fc1ccc(CCNc2nccc(Nc3cc(Cl)cc(Cl)c3)n2)cc1. The van der Waals surface area contributed by atoms with Crippen molar-refractivity contribution in [3.63, 3.8) is 0 Å². The van der Waals surface area contributed by atoms with Gasteiger partial charge in [-0.2, -0.15) is 4.98 Å². The molecular weight excluding hydrogens is 362 g/mol. The smallest absolute Gasteiger partial charge is 0.224 e. The van der Waals surface area contributed by atoms with Crippen LogP contribution in [0.2, 0.25) is 10.0 Å². The van der Waals surface area contributed by atoms with Crippen molar-refractivity contribution in [2.45, 2.75) is 6.42 Å². The van der Waals surface area contributed by atoms with Crippen LogP contribution >= 0.6 is 23.2 Å². The molecular formula is C18H15Cl2FN4. The van der Waals surface area contributed by atoms with Gasteiger partial charge in [0.1, 0.15) is 11.6 Å². The molecule has 2 aromatic carbocycles. The maximum atomic E-state index is 12.9. The first-order valence-electron chi connectivity index (χ1n) is 7.63. The molecule has 0 aliphatic rings. The van der Waals surface area contributed by atoms with Crippen LogP contribution in [0.5, 0.6) is 0 Å². The second-order valence-corrected chi connectivity index (χ2v) is 6.22. The molecule has 0 spiro atoms. The number of hydrogen-bond acceptors (Lipinski definition) is 4. The van der Waals surface area contributed by atoms with Crippen molar-refractivity contribution >= 4 is 40.7 Å². The van der Waals surface area contributed by atoms with E-state index in [0.29, 0.717) is 28.4 Å². The van der Waals surface area contributed by atoms with E-state index in [4.69, 9.17) is 23.2 Å². The zero-order chi connectivity index (χ0) is 17.6. The summed E-state index contributed by atoms with van der Waals surface area (Å²) in [7, 11) is 0. The van der Waals surface area contributed by atoms with Gasteiger partial charge in [0.2, 0.25) is 5.95 Å². The number of rotatable bonds is 6. The van der Waals surface area contributed by atoms with Gasteiger partial charge < -0.3 is 10.6 Å². The Kier molecular flexibility index (Phi) is 5.68. The summed E-state index contributed by atoms with van der Waals surface area (Å²) in [6.45, 7) is 0.637. The second kappa shape index (κ2) is 8.14. The van der Waals surface area contributed by atoms with Gasteiger partial charge in [-0.25, -0.2) is 9.37 Å². The molecule has 7 heteroatoms. The Morgan fingerprint density at radius 3 is 2.40 bits per heavy atom. The van der Waals surface area contributed by atoms with Gasteiger partial charge in [0.05, 0.1) is 0 Å². The molecule has 3 aromatic rings. The number of aromatic nitrogens is 2. The van der Waals surface area contributed by atoms with E-state index in [2.05, 4.69) is 20.6 Å². The Labute approximate surface area is 155 Å². The molecule has 128 valence electrons. The van der Waals surface area contributed by atoms with E-state index in [1.165, 1.54) is 12.1 Å². The van der Waals surface area contributed by atoms with E-state index in [0.717, 1.165) is 17.7 Å². The van der Waals surface area contributed by atoms with Gasteiger partial charge in [-0.1, -0.05) is 35.3 Å². The van der Waals surface area contributed by atoms with Gasteiger partial charge in [-0.3, -0.25) is 0 Å². The molecule has 0 unspecified atom stereocenters. The summed E-state index contributed by atoms with van der Waals surface area (Å²) < 4.78 is 12.9. The van der Waals surface area contributed by atoms with E-state index in [1.54, 1.807) is 42.6 Å². The number of nitrogens with one attached hydrogen (secondary N) is 2. The molecule has 0 radical (unpaired) electrons. The van der Waals surface area contributed by atoms with Gasteiger partial charge in [0, 0.05) is 28.5 Å². The topological polar surface area (TPSA) is 49.8 Å². The Hall–Kier alpha value is -2.37. The highest BCUT2D eigenvalue weighted by molar-refractivity contribution is 6.35. The van der Waals surface area contributed by atoms with Gasteiger partial charge in [0.25, 0.3) is 0 Å². The lowest BCUT2D eigenvalue weighted by atomic mass is 10.1. The van der Waals surface area contributed by atoms with Crippen LogP contribution in [0, 0.1) is 5.82 Å². The van der Waals surface area contributed by atoms with Gasteiger partial charge in [-0.05, 0) is 48.4 Å². The van der Waals surface area contributed by atoms with Crippen LogP contribution in [-0.2, 0) is 6.42 Å². The van der Waals surface area contributed by atoms with Gasteiger partial charge >= 0.3 is 0 Å². The highest BCUT2D eigenvalue weighted by atomic mass is 35.5. The fourth-order valence-corrected chi connectivity index (χ4v) is 2.78. The molecule has 0 aliphatic carbocycles. The lowest BCUT2D eigenvalue weighted by Crippen LogP contribution is -2.08. The van der Waals surface area contributed by atoms with Crippen molar-refractivity contribution in [3.8, 4) is 0 Å². The van der Waals surface area contributed by atoms with Crippen LogP contribution in [0.15, 0.2) is 54.7 Å². The molecule has 0 aliphatic heterocycles. The number of nitrogens with zero attached hydrogens (tertiary/aromatic N) is 2. The molecule has 1 aromatic heterocycles.